The van der Waals surface area contributed by atoms with Crippen molar-refractivity contribution in [3.8, 4) is 10.6 Å². The molecular weight excluding hydrogens is 535 g/mol. The third-order valence-electron chi connectivity index (χ3n) is 3.56. The van der Waals surface area contributed by atoms with Crippen LogP contribution in [0.25, 0.3) is 10.6 Å². The SMILES string of the molecule is CS(=O)(=O)N(CC(=O)Nc1nnc(-c2ccc(Cl)cc2)s1)c1ccc(I)cc1. The largest absolute Gasteiger partial charge is 0.299 e. The number of anilines is 2. The number of rotatable bonds is 6. The molecule has 0 bridgehead atoms. The summed E-state index contributed by atoms with van der Waals surface area (Å²) in [6.45, 7) is -0.366. The summed E-state index contributed by atoms with van der Waals surface area (Å²) >= 11 is 9.18. The molecule has 0 saturated heterocycles. The Labute approximate surface area is 184 Å². The summed E-state index contributed by atoms with van der Waals surface area (Å²) in [6.07, 6.45) is 1.06. The molecule has 11 heteroatoms. The van der Waals surface area contributed by atoms with E-state index in [9.17, 15) is 13.2 Å². The van der Waals surface area contributed by atoms with Gasteiger partial charge in [0.1, 0.15) is 11.6 Å². The van der Waals surface area contributed by atoms with E-state index in [1.165, 1.54) is 11.3 Å². The number of carbonyl (C=O) groups excluding carboxylic acids is 1. The summed E-state index contributed by atoms with van der Waals surface area (Å²) in [7, 11) is -3.64. The maximum atomic E-state index is 12.4. The molecule has 0 saturated carbocycles. The zero-order chi connectivity index (χ0) is 20.3. The minimum Gasteiger partial charge on any atom is -0.299 e. The number of aromatic nitrogens is 2. The lowest BCUT2D eigenvalue weighted by Crippen LogP contribution is -2.37. The number of carbonyl (C=O) groups is 1. The highest BCUT2D eigenvalue weighted by molar-refractivity contribution is 14.1. The second-order valence-electron chi connectivity index (χ2n) is 5.71. The highest BCUT2D eigenvalue weighted by Gasteiger charge is 2.21. The Bertz CT molecular complexity index is 1090. The maximum absolute atomic E-state index is 12.4. The van der Waals surface area contributed by atoms with Crippen molar-refractivity contribution < 1.29 is 13.2 Å². The molecule has 1 heterocycles. The fourth-order valence-electron chi connectivity index (χ4n) is 2.28. The van der Waals surface area contributed by atoms with E-state index in [0.717, 1.165) is 19.7 Å². The van der Waals surface area contributed by atoms with Crippen LogP contribution in [0.3, 0.4) is 0 Å². The van der Waals surface area contributed by atoms with Gasteiger partial charge in [-0.05, 0) is 59.0 Å². The molecule has 7 nitrogen and oxygen atoms in total. The van der Waals surface area contributed by atoms with Crippen molar-refractivity contribution in [2.75, 3.05) is 22.4 Å². The first-order valence-electron chi connectivity index (χ1n) is 7.85. The number of amides is 1. The summed E-state index contributed by atoms with van der Waals surface area (Å²) in [5.41, 5.74) is 1.23. The number of benzene rings is 2. The Morgan fingerprint density at radius 3 is 2.39 bits per heavy atom. The molecule has 1 N–H and O–H groups in total. The molecule has 1 aromatic heterocycles. The number of nitrogens with one attached hydrogen (secondary N) is 1. The Balaban J connectivity index is 1.73. The van der Waals surface area contributed by atoms with Crippen LogP contribution in [0.15, 0.2) is 48.5 Å². The Morgan fingerprint density at radius 2 is 1.79 bits per heavy atom. The average molecular weight is 549 g/mol. The van der Waals surface area contributed by atoms with Gasteiger partial charge in [-0.15, -0.1) is 10.2 Å². The van der Waals surface area contributed by atoms with Gasteiger partial charge in [-0.3, -0.25) is 14.4 Å². The highest BCUT2D eigenvalue weighted by Crippen LogP contribution is 2.27. The zero-order valence-corrected chi connectivity index (χ0v) is 19.0. The van der Waals surface area contributed by atoms with Crippen molar-refractivity contribution in [2.45, 2.75) is 0 Å². The van der Waals surface area contributed by atoms with Crippen LogP contribution >= 0.6 is 45.5 Å². The van der Waals surface area contributed by atoms with Crippen LogP contribution in [0.2, 0.25) is 5.02 Å². The number of sulfonamides is 1. The van der Waals surface area contributed by atoms with Crippen LogP contribution in [0.4, 0.5) is 10.8 Å². The average Bonchev–Trinajstić information content (AvgIpc) is 3.09. The van der Waals surface area contributed by atoms with E-state index in [2.05, 4.69) is 38.1 Å². The third-order valence-corrected chi connectivity index (χ3v) is 6.56. The second-order valence-corrected chi connectivity index (χ2v) is 10.3. The molecule has 0 radical (unpaired) electrons. The molecule has 0 aliphatic rings. The van der Waals surface area contributed by atoms with Crippen LogP contribution in [-0.2, 0) is 14.8 Å². The van der Waals surface area contributed by atoms with Crippen molar-refractivity contribution in [1.29, 1.82) is 0 Å². The minimum absolute atomic E-state index is 0.283. The summed E-state index contributed by atoms with van der Waals surface area (Å²) in [5.74, 6) is -0.511. The van der Waals surface area contributed by atoms with Gasteiger partial charge in [-0.25, -0.2) is 8.42 Å². The molecule has 0 unspecified atom stereocenters. The van der Waals surface area contributed by atoms with Crippen LogP contribution in [-0.4, -0.2) is 37.3 Å². The van der Waals surface area contributed by atoms with Gasteiger partial charge in [-0.1, -0.05) is 35.1 Å². The molecule has 146 valence electrons. The standard InChI is InChI=1S/C17H14ClIN4O3S2/c1-28(25,26)23(14-8-6-13(19)7-9-14)10-15(24)20-17-22-21-16(27-17)11-2-4-12(18)5-3-11/h2-9H,10H2,1H3,(H,20,22,24). The van der Waals surface area contributed by atoms with E-state index < -0.39 is 15.9 Å². The fourth-order valence-corrected chi connectivity index (χ4v) is 4.39. The molecule has 0 atom stereocenters. The number of hydrogen-bond acceptors (Lipinski definition) is 6. The van der Waals surface area contributed by atoms with Crippen LogP contribution in [0, 0.1) is 3.57 Å². The lowest BCUT2D eigenvalue weighted by molar-refractivity contribution is -0.114. The first kappa shape index (κ1) is 21.0. The Morgan fingerprint density at radius 1 is 1.14 bits per heavy atom. The molecule has 3 rings (SSSR count). The lowest BCUT2D eigenvalue weighted by atomic mass is 10.2. The van der Waals surface area contributed by atoms with Gasteiger partial charge in [0.25, 0.3) is 0 Å². The highest BCUT2D eigenvalue weighted by atomic mass is 127. The van der Waals surface area contributed by atoms with E-state index in [1.54, 1.807) is 48.5 Å². The van der Waals surface area contributed by atoms with Gasteiger partial charge < -0.3 is 0 Å². The first-order valence-corrected chi connectivity index (χ1v) is 12.0. The van der Waals surface area contributed by atoms with E-state index >= 15 is 0 Å². The molecule has 0 fully saturated rings. The van der Waals surface area contributed by atoms with Gasteiger partial charge in [0, 0.05) is 14.2 Å². The van der Waals surface area contributed by atoms with Gasteiger partial charge >= 0.3 is 0 Å². The van der Waals surface area contributed by atoms with Gasteiger partial charge in [0.05, 0.1) is 11.9 Å². The lowest BCUT2D eigenvalue weighted by Gasteiger charge is -2.21. The van der Waals surface area contributed by atoms with Crippen molar-refractivity contribution >= 4 is 72.3 Å². The summed E-state index contributed by atoms with van der Waals surface area (Å²) in [6, 6.07) is 13.9. The van der Waals surface area contributed by atoms with E-state index in [0.29, 0.717) is 15.7 Å². The van der Waals surface area contributed by atoms with Crippen molar-refractivity contribution in [3.05, 3.63) is 57.1 Å². The second kappa shape index (κ2) is 8.72. The first-order chi connectivity index (χ1) is 13.2. The maximum Gasteiger partial charge on any atom is 0.246 e. The normalized spacial score (nSPS) is 11.2. The number of hydrogen-bond donors (Lipinski definition) is 1. The molecular formula is C17H14ClIN4O3S2. The smallest absolute Gasteiger partial charge is 0.246 e. The number of nitrogens with zero attached hydrogens (tertiary/aromatic N) is 3. The van der Waals surface area contributed by atoms with Gasteiger partial charge in [0.15, 0.2) is 0 Å². The van der Waals surface area contributed by atoms with E-state index in [4.69, 9.17) is 11.6 Å². The topological polar surface area (TPSA) is 92.3 Å². The summed E-state index contributed by atoms with van der Waals surface area (Å²) in [4.78, 5) is 12.4. The summed E-state index contributed by atoms with van der Waals surface area (Å²) < 4.78 is 26.3. The quantitative estimate of drug-likeness (QED) is 0.472. The van der Waals surface area contributed by atoms with Gasteiger partial charge in [0.2, 0.25) is 21.1 Å². The van der Waals surface area contributed by atoms with Crippen LogP contribution < -0.4 is 9.62 Å². The van der Waals surface area contributed by atoms with Crippen molar-refractivity contribution in [3.63, 3.8) is 0 Å². The molecule has 28 heavy (non-hydrogen) atoms. The zero-order valence-electron chi connectivity index (χ0n) is 14.5. The number of halogens is 2. The monoisotopic (exact) mass is 548 g/mol. The van der Waals surface area contributed by atoms with Crippen molar-refractivity contribution in [1.82, 2.24) is 10.2 Å². The predicted molar refractivity (Wildman–Crippen MR) is 120 cm³/mol. The predicted octanol–water partition coefficient (Wildman–Crippen LogP) is 3.87. The van der Waals surface area contributed by atoms with Gasteiger partial charge in [-0.2, -0.15) is 0 Å². The van der Waals surface area contributed by atoms with Crippen LogP contribution in [0.1, 0.15) is 0 Å². The third kappa shape index (κ3) is 5.40. The Hall–Kier alpha value is -1.76. The molecule has 0 aliphatic heterocycles. The summed E-state index contributed by atoms with van der Waals surface area (Å²) in [5, 5.41) is 12.1. The van der Waals surface area contributed by atoms with E-state index in [1.807, 2.05) is 0 Å². The molecule has 0 aliphatic carbocycles. The Kier molecular flexibility index (Phi) is 6.53. The fraction of sp³-hybridized carbons (Fsp3) is 0.118. The van der Waals surface area contributed by atoms with E-state index in [-0.39, 0.29) is 11.7 Å². The molecule has 2 aromatic carbocycles. The molecule has 3 aromatic rings. The van der Waals surface area contributed by atoms with Crippen molar-refractivity contribution in [2.24, 2.45) is 0 Å². The molecule has 1 amide bonds. The minimum atomic E-state index is -3.64. The van der Waals surface area contributed by atoms with Crippen LogP contribution in [0.5, 0.6) is 0 Å². The molecule has 0 spiro atoms.